The summed E-state index contributed by atoms with van der Waals surface area (Å²) in [5, 5.41) is 3.81. The van der Waals surface area contributed by atoms with Crippen molar-refractivity contribution in [2.45, 2.75) is 23.9 Å². The van der Waals surface area contributed by atoms with Crippen LogP contribution >= 0.6 is 0 Å². The van der Waals surface area contributed by atoms with Gasteiger partial charge in [-0.15, -0.1) is 0 Å². The molecule has 1 atom stereocenters. The molecule has 1 amide bonds. The first-order valence-corrected chi connectivity index (χ1v) is 11.8. The molecule has 0 spiro atoms. The minimum atomic E-state index is -1.14. The minimum absolute atomic E-state index is 0.0965. The van der Waals surface area contributed by atoms with Gasteiger partial charge in [0.25, 0.3) is 5.91 Å². The fourth-order valence-electron chi connectivity index (χ4n) is 3.57. The van der Waals surface area contributed by atoms with Crippen molar-refractivity contribution in [3.8, 4) is 16.8 Å². The largest absolute Gasteiger partial charge is 0.349 e. The van der Waals surface area contributed by atoms with Crippen molar-refractivity contribution in [3.63, 3.8) is 0 Å². The maximum Gasteiger partial charge on any atom is 0.257 e. The van der Waals surface area contributed by atoms with Crippen molar-refractivity contribution < 1.29 is 9.00 Å². The fraction of sp³-hybridized carbons (Fsp3) is 0.167. The number of hydrogen-bond acceptors (Lipinski definition) is 5. The molecule has 0 bridgehead atoms. The predicted molar refractivity (Wildman–Crippen MR) is 123 cm³/mol. The lowest BCUT2D eigenvalue weighted by atomic mass is 10.1. The third-order valence-electron chi connectivity index (χ3n) is 5.41. The Bertz CT molecular complexity index is 1430. The third kappa shape index (κ3) is 3.85. The molecular formula is C24H20N4O3S. The van der Waals surface area contributed by atoms with Gasteiger partial charge in [-0.05, 0) is 48.7 Å². The number of pyridine rings is 3. The van der Waals surface area contributed by atoms with Gasteiger partial charge in [0, 0.05) is 42.1 Å². The third-order valence-corrected chi connectivity index (χ3v) is 6.24. The van der Waals surface area contributed by atoms with Crippen LogP contribution in [-0.4, -0.2) is 36.9 Å². The predicted octanol–water partition coefficient (Wildman–Crippen LogP) is 3.08. The lowest BCUT2D eigenvalue weighted by Crippen LogP contribution is -2.31. The van der Waals surface area contributed by atoms with E-state index >= 15 is 0 Å². The molecule has 1 aliphatic carbocycles. The van der Waals surface area contributed by atoms with Crippen LogP contribution in [0, 0.1) is 0 Å². The van der Waals surface area contributed by atoms with Crippen LogP contribution in [0.15, 0.2) is 76.9 Å². The molecule has 1 aliphatic rings. The second-order valence-electron chi connectivity index (χ2n) is 7.75. The number of aromatic nitrogens is 3. The Kier molecular flexibility index (Phi) is 5.14. The zero-order valence-electron chi connectivity index (χ0n) is 17.3. The van der Waals surface area contributed by atoms with E-state index in [9.17, 15) is 13.8 Å². The van der Waals surface area contributed by atoms with Gasteiger partial charge in [0.05, 0.1) is 16.2 Å². The zero-order valence-corrected chi connectivity index (χ0v) is 18.1. The smallest absolute Gasteiger partial charge is 0.257 e. The van der Waals surface area contributed by atoms with E-state index in [1.54, 1.807) is 47.6 Å². The average Bonchev–Trinajstić information content (AvgIpc) is 3.63. The molecule has 1 saturated carbocycles. The molecule has 0 radical (unpaired) electrons. The van der Waals surface area contributed by atoms with Gasteiger partial charge >= 0.3 is 0 Å². The molecule has 3 heterocycles. The summed E-state index contributed by atoms with van der Waals surface area (Å²) >= 11 is 0. The zero-order chi connectivity index (χ0) is 22.2. The Morgan fingerprint density at radius 3 is 2.66 bits per heavy atom. The SMILES string of the molecule is CS(=O)c1ccc(-c2cccc(-n3cc(C(=O)NC4CC4)c(=O)c4cccnc43)c2)cn1. The Morgan fingerprint density at radius 2 is 1.94 bits per heavy atom. The molecular weight excluding hydrogens is 424 g/mol. The topological polar surface area (TPSA) is 94.0 Å². The maximum atomic E-state index is 13.0. The van der Waals surface area contributed by atoms with Crippen molar-refractivity contribution >= 4 is 27.7 Å². The minimum Gasteiger partial charge on any atom is -0.349 e. The highest BCUT2D eigenvalue weighted by atomic mass is 32.2. The highest BCUT2D eigenvalue weighted by molar-refractivity contribution is 7.84. The van der Waals surface area contributed by atoms with Gasteiger partial charge in [0.15, 0.2) is 0 Å². The number of carbonyl (C=O) groups excluding carboxylic acids is 1. The van der Waals surface area contributed by atoms with Gasteiger partial charge in [-0.1, -0.05) is 18.2 Å². The maximum absolute atomic E-state index is 13.0. The second-order valence-corrected chi connectivity index (χ2v) is 9.08. The van der Waals surface area contributed by atoms with Crippen LogP contribution in [0.25, 0.3) is 27.8 Å². The van der Waals surface area contributed by atoms with Gasteiger partial charge in [-0.2, -0.15) is 0 Å². The normalized spacial score (nSPS) is 14.3. The van der Waals surface area contributed by atoms with Crippen LogP contribution in [0.2, 0.25) is 0 Å². The molecule has 0 aliphatic heterocycles. The van der Waals surface area contributed by atoms with Crippen LogP contribution in [0.4, 0.5) is 0 Å². The monoisotopic (exact) mass is 444 g/mol. The van der Waals surface area contributed by atoms with Crippen molar-refractivity contribution in [2.24, 2.45) is 0 Å². The molecule has 0 saturated heterocycles. The van der Waals surface area contributed by atoms with E-state index in [0.717, 1.165) is 29.7 Å². The van der Waals surface area contributed by atoms with Gasteiger partial charge in [0.2, 0.25) is 5.43 Å². The van der Waals surface area contributed by atoms with Gasteiger partial charge in [0.1, 0.15) is 16.2 Å². The first kappa shape index (κ1) is 20.3. The second kappa shape index (κ2) is 8.12. The highest BCUT2D eigenvalue weighted by Crippen LogP contribution is 2.24. The van der Waals surface area contributed by atoms with E-state index < -0.39 is 10.8 Å². The number of nitrogens with one attached hydrogen (secondary N) is 1. The van der Waals surface area contributed by atoms with Crippen LogP contribution < -0.4 is 10.7 Å². The summed E-state index contributed by atoms with van der Waals surface area (Å²) in [4.78, 5) is 34.4. The molecule has 7 nitrogen and oxygen atoms in total. The van der Waals surface area contributed by atoms with Crippen LogP contribution in [0.3, 0.4) is 0 Å². The Labute approximate surface area is 186 Å². The van der Waals surface area contributed by atoms with E-state index in [0.29, 0.717) is 16.1 Å². The molecule has 3 aromatic heterocycles. The number of nitrogens with zero attached hydrogens (tertiary/aromatic N) is 3. The first-order valence-electron chi connectivity index (χ1n) is 10.2. The number of rotatable bonds is 5. The van der Waals surface area contributed by atoms with Gasteiger partial charge < -0.3 is 9.88 Å². The standard InChI is InChI=1S/C24H20N4O3S/c1-32(31)21-10-7-16(13-26-21)15-4-2-5-18(12-15)28-14-20(24(30)27-17-8-9-17)22(29)19-6-3-11-25-23(19)28/h2-7,10-14,17H,8-9H2,1H3,(H,27,30). The molecule has 32 heavy (non-hydrogen) atoms. The van der Waals surface area contributed by atoms with E-state index in [1.165, 1.54) is 0 Å². The molecule has 1 aromatic carbocycles. The van der Waals surface area contributed by atoms with E-state index in [1.807, 2.05) is 30.3 Å². The molecule has 1 fully saturated rings. The summed E-state index contributed by atoms with van der Waals surface area (Å²) in [6.45, 7) is 0. The average molecular weight is 445 g/mol. The van der Waals surface area contributed by atoms with Crippen molar-refractivity contribution in [1.82, 2.24) is 19.9 Å². The summed E-state index contributed by atoms with van der Waals surface area (Å²) < 4.78 is 13.4. The Hall–Kier alpha value is -3.65. The molecule has 160 valence electrons. The Balaban J connectivity index is 1.63. The van der Waals surface area contributed by atoms with Crippen LogP contribution in [-0.2, 0) is 10.8 Å². The number of amides is 1. The fourth-order valence-corrected chi connectivity index (χ4v) is 4.03. The quantitative estimate of drug-likeness (QED) is 0.511. The first-order chi connectivity index (χ1) is 15.5. The highest BCUT2D eigenvalue weighted by Gasteiger charge is 2.26. The summed E-state index contributed by atoms with van der Waals surface area (Å²) in [5.74, 6) is -0.361. The molecule has 4 aromatic rings. The molecule has 8 heteroatoms. The number of hydrogen-bond donors (Lipinski definition) is 1. The van der Waals surface area contributed by atoms with Crippen molar-refractivity contribution in [3.05, 3.63) is 82.9 Å². The summed E-state index contributed by atoms with van der Waals surface area (Å²) in [6.07, 6.45) is 8.35. The number of fused-ring (bicyclic) bond motifs is 1. The van der Waals surface area contributed by atoms with E-state index in [2.05, 4.69) is 15.3 Å². The summed E-state index contributed by atoms with van der Waals surface area (Å²) in [6, 6.07) is 14.8. The van der Waals surface area contributed by atoms with Crippen LogP contribution in [0.1, 0.15) is 23.2 Å². The van der Waals surface area contributed by atoms with Crippen LogP contribution in [0.5, 0.6) is 0 Å². The van der Waals surface area contributed by atoms with Gasteiger partial charge in [-0.3, -0.25) is 13.8 Å². The summed E-state index contributed by atoms with van der Waals surface area (Å²) in [7, 11) is -1.14. The lowest BCUT2D eigenvalue weighted by Gasteiger charge is -2.14. The molecule has 1 N–H and O–H groups in total. The molecule has 1 unspecified atom stereocenters. The van der Waals surface area contributed by atoms with Gasteiger partial charge in [-0.25, -0.2) is 9.97 Å². The van der Waals surface area contributed by atoms with E-state index in [4.69, 9.17) is 0 Å². The number of benzene rings is 1. The van der Waals surface area contributed by atoms with Crippen molar-refractivity contribution in [2.75, 3.05) is 6.26 Å². The summed E-state index contributed by atoms with van der Waals surface area (Å²) in [5.41, 5.74) is 2.77. The van der Waals surface area contributed by atoms with E-state index in [-0.39, 0.29) is 22.9 Å². The number of carbonyl (C=O) groups is 1. The lowest BCUT2D eigenvalue weighted by molar-refractivity contribution is 0.0949. The Morgan fingerprint density at radius 1 is 1.09 bits per heavy atom. The molecule has 5 rings (SSSR count). The van der Waals surface area contributed by atoms with Crippen molar-refractivity contribution in [1.29, 1.82) is 0 Å².